The van der Waals surface area contributed by atoms with Crippen molar-refractivity contribution in [2.24, 2.45) is 5.92 Å². The zero-order valence-electron chi connectivity index (χ0n) is 13.7. The lowest BCUT2D eigenvalue weighted by atomic mass is 9.79. The molecule has 0 radical (unpaired) electrons. The average molecular weight is 354 g/mol. The maximum atomic E-state index is 6.53. The molecular weight excluding hydrogens is 326 g/mol. The van der Waals surface area contributed by atoms with Gasteiger partial charge >= 0.3 is 0 Å². The van der Waals surface area contributed by atoms with Crippen LogP contribution in [0, 0.1) is 5.92 Å². The van der Waals surface area contributed by atoms with Crippen molar-refractivity contribution in [2.75, 3.05) is 6.54 Å². The van der Waals surface area contributed by atoms with Gasteiger partial charge in [0.25, 0.3) is 0 Å². The van der Waals surface area contributed by atoms with Crippen LogP contribution in [-0.2, 0) is 0 Å². The van der Waals surface area contributed by atoms with Gasteiger partial charge in [-0.2, -0.15) is 0 Å². The molecule has 3 unspecified atom stereocenters. The average Bonchev–Trinajstić information content (AvgIpc) is 2.47. The van der Waals surface area contributed by atoms with E-state index in [0.717, 1.165) is 36.0 Å². The Morgan fingerprint density at radius 2 is 2.14 bits per heavy atom. The molecule has 3 atom stereocenters. The van der Waals surface area contributed by atoms with Crippen molar-refractivity contribution in [1.82, 2.24) is 5.32 Å². The first-order valence-corrected chi connectivity index (χ1v) is 9.04. The van der Waals surface area contributed by atoms with E-state index in [-0.39, 0.29) is 5.60 Å². The van der Waals surface area contributed by atoms with Crippen LogP contribution in [0.3, 0.4) is 0 Å². The maximum absolute atomic E-state index is 6.53. The zero-order valence-corrected chi connectivity index (χ0v) is 15.3. The minimum Gasteiger partial charge on any atom is -0.487 e. The molecule has 3 heteroatoms. The Labute approximate surface area is 137 Å². The van der Waals surface area contributed by atoms with Crippen molar-refractivity contribution in [1.29, 1.82) is 0 Å². The van der Waals surface area contributed by atoms with Gasteiger partial charge in [0.1, 0.15) is 11.4 Å². The van der Waals surface area contributed by atoms with Crippen LogP contribution < -0.4 is 10.1 Å². The summed E-state index contributed by atoms with van der Waals surface area (Å²) in [5.41, 5.74) is 1.27. The van der Waals surface area contributed by atoms with Crippen LogP contribution >= 0.6 is 15.9 Å². The summed E-state index contributed by atoms with van der Waals surface area (Å²) in [6.45, 7) is 10.0. The fraction of sp³-hybridized carbons (Fsp3) is 0.667. The van der Waals surface area contributed by atoms with E-state index in [0.29, 0.717) is 12.0 Å². The number of hydrogen-bond acceptors (Lipinski definition) is 2. The van der Waals surface area contributed by atoms with Gasteiger partial charge in [0, 0.05) is 22.5 Å². The topological polar surface area (TPSA) is 21.3 Å². The summed E-state index contributed by atoms with van der Waals surface area (Å²) in [6.07, 6.45) is 4.47. The van der Waals surface area contributed by atoms with E-state index in [2.05, 4.69) is 67.1 Å². The van der Waals surface area contributed by atoms with Gasteiger partial charge in [0.15, 0.2) is 0 Å². The maximum Gasteiger partial charge on any atom is 0.126 e. The van der Waals surface area contributed by atoms with Gasteiger partial charge in [-0.1, -0.05) is 56.1 Å². The van der Waals surface area contributed by atoms with Crippen LogP contribution in [0.1, 0.15) is 65.0 Å². The minimum absolute atomic E-state index is 0.0317. The van der Waals surface area contributed by atoms with Crippen molar-refractivity contribution in [3.8, 4) is 5.75 Å². The molecule has 2 rings (SSSR count). The van der Waals surface area contributed by atoms with Gasteiger partial charge in [0.05, 0.1) is 0 Å². The van der Waals surface area contributed by atoms with Crippen LogP contribution in [0.25, 0.3) is 0 Å². The Hall–Kier alpha value is -0.540. The van der Waals surface area contributed by atoms with Crippen LogP contribution in [0.5, 0.6) is 5.75 Å². The van der Waals surface area contributed by atoms with E-state index < -0.39 is 0 Å². The Morgan fingerprint density at radius 1 is 1.38 bits per heavy atom. The number of halogens is 1. The molecule has 0 spiro atoms. The highest BCUT2D eigenvalue weighted by molar-refractivity contribution is 9.10. The summed E-state index contributed by atoms with van der Waals surface area (Å²) in [5.74, 6) is 1.74. The molecule has 1 aliphatic rings. The van der Waals surface area contributed by atoms with Crippen molar-refractivity contribution < 1.29 is 4.74 Å². The molecule has 118 valence electrons. The van der Waals surface area contributed by atoms with Crippen molar-refractivity contribution in [2.45, 2.75) is 65.0 Å². The normalized spacial score (nSPS) is 26.0. The lowest BCUT2D eigenvalue weighted by Crippen LogP contribution is -2.45. The molecule has 1 aromatic rings. The molecule has 0 fully saturated rings. The first kappa shape index (κ1) is 16.8. The third-order valence-electron chi connectivity index (χ3n) is 4.77. The lowest BCUT2D eigenvalue weighted by Gasteiger charge is -2.43. The Balaban J connectivity index is 2.34. The van der Waals surface area contributed by atoms with E-state index in [4.69, 9.17) is 4.74 Å². The van der Waals surface area contributed by atoms with Gasteiger partial charge < -0.3 is 10.1 Å². The summed E-state index contributed by atoms with van der Waals surface area (Å²) in [7, 11) is 0. The molecule has 1 aliphatic heterocycles. The fourth-order valence-electron chi connectivity index (χ4n) is 3.34. The van der Waals surface area contributed by atoms with E-state index in [9.17, 15) is 0 Å². The lowest BCUT2D eigenvalue weighted by molar-refractivity contribution is 0.00577. The molecule has 0 aliphatic carbocycles. The van der Waals surface area contributed by atoms with Crippen LogP contribution in [-0.4, -0.2) is 12.1 Å². The molecule has 0 amide bonds. The predicted octanol–water partition coefficient (Wildman–Crippen LogP) is 5.47. The van der Waals surface area contributed by atoms with E-state index >= 15 is 0 Å². The number of rotatable bonds is 6. The summed E-state index contributed by atoms with van der Waals surface area (Å²) in [4.78, 5) is 0. The largest absolute Gasteiger partial charge is 0.487 e. The third-order valence-corrected chi connectivity index (χ3v) is 5.26. The molecule has 1 aromatic carbocycles. The monoisotopic (exact) mass is 353 g/mol. The van der Waals surface area contributed by atoms with Gasteiger partial charge in [-0.3, -0.25) is 0 Å². The van der Waals surface area contributed by atoms with E-state index in [1.54, 1.807) is 0 Å². The first-order valence-electron chi connectivity index (χ1n) is 8.25. The van der Waals surface area contributed by atoms with Gasteiger partial charge in [0.2, 0.25) is 0 Å². The SMILES string of the molecule is CCNC1CC(CC)(CC(C)CC)Oc2cc(Br)ccc21. The van der Waals surface area contributed by atoms with E-state index in [1.165, 1.54) is 12.0 Å². The van der Waals surface area contributed by atoms with Crippen molar-refractivity contribution >= 4 is 15.9 Å². The standard InChI is InChI=1S/C18H28BrNO/c1-5-13(4)11-18(6-2)12-16(20-7-3)15-9-8-14(19)10-17(15)21-18/h8-10,13,16,20H,5-7,11-12H2,1-4H3. The van der Waals surface area contributed by atoms with Crippen molar-refractivity contribution in [3.63, 3.8) is 0 Å². The van der Waals surface area contributed by atoms with Crippen LogP contribution in [0.15, 0.2) is 22.7 Å². The second kappa shape index (κ2) is 7.15. The van der Waals surface area contributed by atoms with Gasteiger partial charge in [-0.05, 0) is 37.4 Å². The third kappa shape index (κ3) is 3.81. The summed E-state index contributed by atoms with van der Waals surface area (Å²) >= 11 is 3.57. The Morgan fingerprint density at radius 3 is 2.76 bits per heavy atom. The molecule has 0 saturated carbocycles. The molecule has 0 aromatic heterocycles. The molecule has 1 N–H and O–H groups in total. The highest BCUT2D eigenvalue weighted by Gasteiger charge is 2.40. The second-order valence-electron chi connectivity index (χ2n) is 6.35. The number of ether oxygens (including phenoxy) is 1. The molecule has 0 saturated heterocycles. The molecule has 1 heterocycles. The number of fused-ring (bicyclic) bond motifs is 1. The summed E-state index contributed by atoms with van der Waals surface area (Å²) < 4.78 is 7.62. The zero-order chi connectivity index (χ0) is 15.5. The molecule has 0 bridgehead atoms. The van der Waals surface area contributed by atoms with Crippen molar-refractivity contribution in [3.05, 3.63) is 28.2 Å². The highest BCUT2D eigenvalue weighted by atomic mass is 79.9. The number of hydrogen-bond donors (Lipinski definition) is 1. The summed E-state index contributed by atoms with van der Waals surface area (Å²) in [5, 5.41) is 3.65. The highest BCUT2D eigenvalue weighted by Crippen LogP contribution is 2.45. The molecule has 2 nitrogen and oxygen atoms in total. The van der Waals surface area contributed by atoms with Gasteiger partial charge in [-0.25, -0.2) is 0 Å². The Bertz CT molecular complexity index is 476. The molecular formula is C18H28BrNO. The van der Waals surface area contributed by atoms with Crippen LogP contribution in [0.2, 0.25) is 0 Å². The number of nitrogens with one attached hydrogen (secondary N) is 1. The van der Waals surface area contributed by atoms with Crippen LogP contribution in [0.4, 0.5) is 0 Å². The van der Waals surface area contributed by atoms with E-state index in [1.807, 2.05) is 0 Å². The number of benzene rings is 1. The van der Waals surface area contributed by atoms with Gasteiger partial charge in [-0.15, -0.1) is 0 Å². The molecule has 21 heavy (non-hydrogen) atoms. The fourth-order valence-corrected chi connectivity index (χ4v) is 3.68. The second-order valence-corrected chi connectivity index (χ2v) is 7.27. The minimum atomic E-state index is -0.0317. The summed E-state index contributed by atoms with van der Waals surface area (Å²) in [6, 6.07) is 6.83. The smallest absolute Gasteiger partial charge is 0.126 e. The Kier molecular flexibility index (Phi) is 5.73. The predicted molar refractivity (Wildman–Crippen MR) is 92.9 cm³/mol. The first-order chi connectivity index (χ1) is 10.0. The quantitative estimate of drug-likeness (QED) is 0.732.